The number of aromatic hydroxyl groups is 1. The van der Waals surface area contributed by atoms with E-state index in [4.69, 9.17) is 21.1 Å². The molecule has 7 nitrogen and oxygen atoms in total. The third-order valence-electron chi connectivity index (χ3n) is 2.82. The van der Waals surface area contributed by atoms with Gasteiger partial charge < -0.3 is 14.6 Å². The van der Waals surface area contributed by atoms with Gasteiger partial charge in [0.2, 0.25) is 0 Å². The van der Waals surface area contributed by atoms with Crippen molar-refractivity contribution in [3.63, 3.8) is 0 Å². The number of ether oxygens (including phenoxy) is 2. The number of rotatable bonds is 4. The molecule has 0 aliphatic heterocycles. The summed E-state index contributed by atoms with van der Waals surface area (Å²) in [7, 11) is -3.65. The Morgan fingerprint density at radius 3 is 2.35 bits per heavy atom. The summed E-state index contributed by atoms with van der Waals surface area (Å²) < 4.78 is 41.8. The van der Waals surface area contributed by atoms with Crippen molar-refractivity contribution in [2.45, 2.75) is 4.90 Å². The van der Waals surface area contributed by atoms with Crippen LogP contribution in [0.5, 0.6) is 17.2 Å². The van der Waals surface area contributed by atoms with Crippen LogP contribution in [0.1, 0.15) is 10.4 Å². The van der Waals surface area contributed by atoms with E-state index in [1.165, 1.54) is 12.1 Å². The summed E-state index contributed by atoms with van der Waals surface area (Å²) in [6, 6.07) is 8.64. The lowest BCUT2D eigenvalue weighted by Crippen LogP contribution is -2.11. The van der Waals surface area contributed by atoms with Crippen LogP contribution in [-0.2, 0) is 10.1 Å². The predicted molar refractivity (Wildman–Crippen MR) is 80.9 cm³/mol. The van der Waals surface area contributed by atoms with Crippen molar-refractivity contribution in [3.05, 3.63) is 47.0 Å². The van der Waals surface area contributed by atoms with Gasteiger partial charge in [0.15, 0.2) is 11.5 Å². The first-order valence-corrected chi connectivity index (χ1v) is 7.91. The fourth-order valence-corrected chi connectivity index (χ4v) is 2.81. The van der Waals surface area contributed by atoms with E-state index in [0.717, 1.165) is 13.2 Å². The maximum atomic E-state index is 12.1. The standard InChI is InChI=1S/C14H11ClO7S/c1-21-13-10(23(18,19)20)7-9(12(16)11(13)15)14(17)22-8-5-3-2-4-6-8/h2-7,16H,1H3,(H,18,19,20). The first-order valence-electron chi connectivity index (χ1n) is 6.10. The minimum Gasteiger partial charge on any atom is -0.505 e. The van der Waals surface area contributed by atoms with Crippen LogP contribution >= 0.6 is 11.6 Å². The third-order valence-corrected chi connectivity index (χ3v) is 4.03. The summed E-state index contributed by atoms with van der Waals surface area (Å²) >= 11 is 5.80. The second-order valence-electron chi connectivity index (χ2n) is 4.30. The zero-order chi connectivity index (χ0) is 17.2. The van der Waals surface area contributed by atoms with Crippen molar-refractivity contribution in [2.24, 2.45) is 0 Å². The molecule has 0 aliphatic rings. The molecule has 0 amide bonds. The number of methoxy groups -OCH3 is 1. The molecule has 0 saturated heterocycles. The van der Waals surface area contributed by atoms with Crippen LogP contribution in [0.2, 0.25) is 5.02 Å². The first-order chi connectivity index (χ1) is 10.8. The van der Waals surface area contributed by atoms with Crippen molar-refractivity contribution in [3.8, 4) is 17.2 Å². The van der Waals surface area contributed by atoms with Crippen molar-refractivity contribution in [1.29, 1.82) is 0 Å². The highest BCUT2D eigenvalue weighted by Crippen LogP contribution is 2.41. The van der Waals surface area contributed by atoms with Gasteiger partial charge in [0, 0.05) is 0 Å². The van der Waals surface area contributed by atoms with E-state index < -0.39 is 43.1 Å². The molecule has 2 rings (SSSR count). The number of carbonyl (C=O) groups is 1. The Balaban J connectivity index is 2.55. The van der Waals surface area contributed by atoms with Gasteiger partial charge in [-0.3, -0.25) is 4.55 Å². The van der Waals surface area contributed by atoms with Crippen LogP contribution in [0, 0.1) is 0 Å². The molecule has 0 aliphatic carbocycles. The summed E-state index contributed by atoms with van der Waals surface area (Å²) in [5.74, 6) is -2.08. The molecule has 0 spiro atoms. The Morgan fingerprint density at radius 1 is 1.22 bits per heavy atom. The molecule has 2 aromatic carbocycles. The number of carbonyl (C=O) groups excluding carboxylic acids is 1. The topological polar surface area (TPSA) is 110 Å². The molecule has 0 atom stereocenters. The van der Waals surface area contributed by atoms with Gasteiger partial charge in [0.1, 0.15) is 21.2 Å². The van der Waals surface area contributed by atoms with Gasteiger partial charge in [0.05, 0.1) is 7.11 Å². The maximum absolute atomic E-state index is 12.1. The van der Waals surface area contributed by atoms with Gasteiger partial charge in [-0.05, 0) is 18.2 Å². The number of esters is 1. The highest BCUT2D eigenvalue weighted by atomic mass is 35.5. The average molecular weight is 359 g/mol. The number of hydrogen-bond acceptors (Lipinski definition) is 6. The molecule has 0 radical (unpaired) electrons. The van der Waals surface area contributed by atoms with Crippen LogP contribution in [0.25, 0.3) is 0 Å². The van der Waals surface area contributed by atoms with Crippen LogP contribution in [0.15, 0.2) is 41.3 Å². The van der Waals surface area contributed by atoms with Crippen molar-refractivity contribution < 1.29 is 32.3 Å². The van der Waals surface area contributed by atoms with Gasteiger partial charge in [-0.1, -0.05) is 29.8 Å². The second kappa shape index (κ2) is 6.45. The number of benzene rings is 2. The quantitative estimate of drug-likeness (QED) is 0.491. The second-order valence-corrected chi connectivity index (χ2v) is 6.06. The minimum atomic E-state index is -4.74. The Kier molecular flexibility index (Phi) is 4.79. The van der Waals surface area contributed by atoms with E-state index in [-0.39, 0.29) is 5.75 Å². The fourth-order valence-electron chi connectivity index (χ4n) is 1.79. The number of phenols is 1. The first kappa shape index (κ1) is 17.1. The molecular formula is C14H11ClO7S. The lowest BCUT2D eigenvalue weighted by Gasteiger charge is -2.13. The number of para-hydroxylation sites is 1. The smallest absolute Gasteiger partial charge is 0.347 e. The molecule has 0 heterocycles. The van der Waals surface area contributed by atoms with Crippen LogP contribution in [0.4, 0.5) is 0 Å². The Morgan fingerprint density at radius 2 is 1.83 bits per heavy atom. The lowest BCUT2D eigenvalue weighted by atomic mass is 10.2. The molecule has 122 valence electrons. The van der Waals surface area contributed by atoms with E-state index in [2.05, 4.69) is 0 Å². The fraction of sp³-hybridized carbons (Fsp3) is 0.0714. The minimum absolute atomic E-state index is 0.178. The van der Waals surface area contributed by atoms with E-state index in [1.807, 2.05) is 0 Å². The normalized spacial score (nSPS) is 11.1. The van der Waals surface area contributed by atoms with E-state index in [1.54, 1.807) is 18.2 Å². The maximum Gasteiger partial charge on any atom is 0.347 e. The van der Waals surface area contributed by atoms with E-state index >= 15 is 0 Å². The molecule has 0 fully saturated rings. The number of phenolic OH excluding ortho intramolecular Hbond substituents is 1. The van der Waals surface area contributed by atoms with Crippen LogP contribution in [0.3, 0.4) is 0 Å². The predicted octanol–water partition coefficient (Wildman–Crippen LogP) is 2.52. The van der Waals surface area contributed by atoms with Crippen molar-refractivity contribution in [1.82, 2.24) is 0 Å². The summed E-state index contributed by atoms with van der Waals surface area (Å²) in [5.41, 5.74) is -0.535. The van der Waals surface area contributed by atoms with Gasteiger partial charge in [-0.2, -0.15) is 8.42 Å². The Hall–Kier alpha value is -2.29. The van der Waals surface area contributed by atoms with E-state index in [9.17, 15) is 22.9 Å². The number of hydrogen-bond donors (Lipinski definition) is 2. The van der Waals surface area contributed by atoms with Gasteiger partial charge in [-0.25, -0.2) is 4.79 Å². The van der Waals surface area contributed by atoms with Gasteiger partial charge in [-0.15, -0.1) is 0 Å². The van der Waals surface area contributed by atoms with Gasteiger partial charge >= 0.3 is 5.97 Å². The van der Waals surface area contributed by atoms with Gasteiger partial charge in [0.25, 0.3) is 10.1 Å². The summed E-state index contributed by atoms with van der Waals surface area (Å²) in [6.45, 7) is 0. The molecule has 0 aromatic heterocycles. The molecule has 23 heavy (non-hydrogen) atoms. The molecule has 2 N–H and O–H groups in total. The average Bonchev–Trinajstić information content (AvgIpc) is 2.49. The SMILES string of the molecule is COc1c(S(=O)(=O)O)cc(C(=O)Oc2ccccc2)c(O)c1Cl. The monoisotopic (exact) mass is 358 g/mol. The highest BCUT2D eigenvalue weighted by Gasteiger charge is 2.28. The molecule has 9 heteroatoms. The van der Waals surface area contributed by atoms with Crippen LogP contribution < -0.4 is 9.47 Å². The molecule has 0 bridgehead atoms. The summed E-state index contributed by atoms with van der Waals surface area (Å²) in [5, 5.41) is 9.42. The molecule has 2 aromatic rings. The van der Waals surface area contributed by atoms with Crippen molar-refractivity contribution in [2.75, 3.05) is 7.11 Å². The van der Waals surface area contributed by atoms with E-state index in [0.29, 0.717) is 0 Å². The Bertz CT molecular complexity index is 847. The van der Waals surface area contributed by atoms with Crippen LogP contribution in [-0.4, -0.2) is 31.2 Å². The highest BCUT2D eigenvalue weighted by molar-refractivity contribution is 7.86. The molecular weight excluding hydrogens is 348 g/mol. The molecule has 0 saturated carbocycles. The Labute approximate surface area is 136 Å². The number of halogens is 1. The zero-order valence-electron chi connectivity index (χ0n) is 11.7. The largest absolute Gasteiger partial charge is 0.505 e. The van der Waals surface area contributed by atoms with Crippen molar-refractivity contribution >= 4 is 27.7 Å². The molecule has 0 unspecified atom stereocenters. The summed E-state index contributed by atoms with van der Waals surface area (Å²) in [6.07, 6.45) is 0. The zero-order valence-corrected chi connectivity index (χ0v) is 13.3. The lowest BCUT2D eigenvalue weighted by molar-refractivity contribution is 0.0731. The summed E-state index contributed by atoms with van der Waals surface area (Å²) in [4.78, 5) is 11.3. The third kappa shape index (κ3) is 3.55.